The van der Waals surface area contributed by atoms with Crippen LogP contribution >= 0.6 is 11.6 Å². The van der Waals surface area contributed by atoms with E-state index in [1.807, 2.05) is 37.3 Å². The lowest BCUT2D eigenvalue weighted by molar-refractivity contribution is -0.942. The maximum absolute atomic E-state index is 12.0. The van der Waals surface area contributed by atoms with Gasteiger partial charge in [-0.2, -0.15) is 0 Å². The highest BCUT2D eigenvalue weighted by Gasteiger charge is 2.51. The summed E-state index contributed by atoms with van der Waals surface area (Å²) in [4.78, 5) is 12.0. The van der Waals surface area contributed by atoms with E-state index in [1.54, 1.807) is 0 Å². The Morgan fingerprint density at radius 3 is 2.54 bits per heavy atom. The van der Waals surface area contributed by atoms with Crippen LogP contribution in [0.15, 0.2) is 42.5 Å². The zero-order valence-electron chi connectivity index (χ0n) is 16.7. The van der Waals surface area contributed by atoms with Gasteiger partial charge in [-0.1, -0.05) is 43.6 Å². The summed E-state index contributed by atoms with van der Waals surface area (Å²) in [5.41, 5.74) is 2.37. The molecule has 2 aromatic rings. The normalized spacial score (nSPS) is 26.3. The second-order valence-corrected chi connectivity index (χ2v) is 8.52. The molecule has 2 heterocycles. The molecule has 4 nitrogen and oxygen atoms in total. The second kappa shape index (κ2) is 7.41. The fraction of sp³-hybridized carbons (Fsp3) is 0.435. The number of ether oxygens (including phenoxy) is 2. The summed E-state index contributed by atoms with van der Waals surface area (Å²) < 4.78 is 12.8. The molecule has 0 aromatic heterocycles. The number of nitrogens with zero attached hydrogens (tertiary/aromatic N) is 1. The summed E-state index contributed by atoms with van der Waals surface area (Å²) in [6.07, 6.45) is 1.05. The highest BCUT2D eigenvalue weighted by Crippen LogP contribution is 2.52. The number of fused-ring (bicyclic) bond motifs is 5. The Hall–Kier alpha value is -2.04. The molecular weight excluding hydrogens is 374 g/mol. The number of para-hydroxylation sites is 1. The van der Waals surface area contributed by atoms with Crippen LogP contribution in [0.2, 0.25) is 5.02 Å². The van der Waals surface area contributed by atoms with Gasteiger partial charge in [-0.25, -0.2) is 0 Å². The molecule has 2 aromatic carbocycles. The van der Waals surface area contributed by atoms with E-state index < -0.39 is 0 Å². The van der Waals surface area contributed by atoms with E-state index in [4.69, 9.17) is 21.1 Å². The molecule has 0 N–H and O–H groups in total. The molecule has 4 atom stereocenters. The van der Waals surface area contributed by atoms with Gasteiger partial charge in [0.05, 0.1) is 20.1 Å². The van der Waals surface area contributed by atoms with E-state index in [2.05, 4.69) is 26.1 Å². The zero-order chi connectivity index (χ0) is 19.9. The SMILES string of the molecule is CCC(=O)OC(CC)[N+]1(C)CC2c3ccccc3Oc3ccc(Cl)cc3C2C1. The topological polar surface area (TPSA) is 35.5 Å². The number of likely N-dealkylation sites (tertiary alicyclic amines) is 1. The number of esters is 1. The molecule has 148 valence electrons. The van der Waals surface area contributed by atoms with E-state index >= 15 is 0 Å². The lowest BCUT2D eigenvalue weighted by atomic mass is 9.84. The summed E-state index contributed by atoms with van der Waals surface area (Å²) >= 11 is 6.35. The van der Waals surface area contributed by atoms with E-state index in [0.717, 1.165) is 41.6 Å². The number of quaternary nitrogens is 1. The van der Waals surface area contributed by atoms with E-state index in [0.29, 0.717) is 10.9 Å². The lowest BCUT2D eigenvalue weighted by Crippen LogP contribution is -2.52. The molecule has 0 radical (unpaired) electrons. The summed E-state index contributed by atoms with van der Waals surface area (Å²) in [5, 5.41) is 0.720. The third-order valence-corrected chi connectivity index (χ3v) is 6.46. The molecule has 2 aliphatic rings. The molecule has 0 spiro atoms. The van der Waals surface area contributed by atoms with Crippen LogP contribution in [-0.4, -0.2) is 36.8 Å². The Bertz CT molecular complexity index is 899. The van der Waals surface area contributed by atoms with Crippen molar-refractivity contribution >= 4 is 17.6 Å². The van der Waals surface area contributed by atoms with Crippen LogP contribution in [0.1, 0.15) is 49.7 Å². The highest BCUT2D eigenvalue weighted by atomic mass is 35.5. The molecule has 28 heavy (non-hydrogen) atoms. The fourth-order valence-electron chi connectivity index (χ4n) is 4.88. The van der Waals surface area contributed by atoms with Gasteiger partial charge in [0.25, 0.3) is 0 Å². The number of rotatable bonds is 4. The van der Waals surface area contributed by atoms with Crippen LogP contribution in [0.25, 0.3) is 0 Å². The standard InChI is InChI=1S/C23H27ClNO3/c1-4-22(28-23(26)5-2)25(3)13-18-16-8-6-7-9-20(16)27-21-11-10-15(24)12-17(21)19(18)14-25/h6-12,18-19,22H,4-5,13-14H2,1-3H3/q+1. The summed E-state index contributed by atoms with van der Waals surface area (Å²) in [7, 11) is 2.21. The van der Waals surface area contributed by atoms with Crippen molar-refractivity contribution < 1.29 is 18.8 Å². The van der Waals surface area contributed by atoms with Crippen LogP contribution < -0.4 is 4.74 Å². The van der Waals surface area contributed by atoms with Crippen LogP contribution in [0.3, 0.4) is 0 Å². The first-order chi connectivity index (χ1) is 13.4. The molecule has 5 heteroatoms. The quantitative estimate of drug-likeness (QED) is 0.504. The Balaban J connectivity index is 1.78. The van der Waals surface area contributed by atoms with Crippen molar-refractivity contribution in [1.82, 2.24) is 0 Å². The number of hydrogen-bond donors (Lipinski definition) is 0. The van der Waals surface area contributed by atoms with Gasteiger partial charge in [0.1, 0.15) is 11.5 Å². The molecule has 0 aliphatic carbocycles. The number of benzene rings is 2. The lowest BCUT2D eigenvalue weighted by Gasteiger charge is -2.37. The Kier molecular flexibility index (Phi) is 5.11. The highest BCUT2D eigenvalue weighted by molar-refractivity contribution is 6.30. The van der Waals surface area contributed by atoms with E-state index in [1.165, 1.54) is 5.56 Å². The van der Waals surface area contributed by atoms with Crippen molar-refractivity contribution in [3.63, 3.8) is 0 Å². The Morgan fingerprint density at radius 2 is 1.82 bits per heavy atom. The van der Waals surface area contributed by atoms with Crippen LogP contribution in [0, 0.1) is 0 Å². The Morgan fingerprint density at radius 1 is 1.14 bits per heavy atom. The van der Waals surface area contributed by atoms with Gasteiger partial charge in [-0.15, -0.1) is 0 Å². The Labute approximate surface area is 171 Å². The van der Waals surface area contributed by atoms with Crippen LogP contribution in [-0.2, 0) is 9.53 Å². The van der Waals surface area contributed by atoms with Gasteiger partial charge in [-0.3, -0.25) is 9.28 Å². The van der Waals surface area contributed by atoms with Gasteiger partial charge < -0.3 is 9.47 Å². The summed E-state index contributed by atoms with van der Waals surface area (Å²) in [6, 6.07) is 14.2. The third kappa shape index (κ3) is 3.29. The molecule has 0 amide bonds. The molecule has 0 bridgehead atoms. The van der Waals surface area contributed by atoms with Gasteiger partial charge in [0, 0.05) is 40.8 Å². The molecule has 4 rings (SSSR count). The number of likely N-dealkylation sites (N-methyl/N-ethyl adjacent to an activating group) is 1. The summed E-state index contributed by atoms with van der Waals surface area (Å²) in [6.45, 7) is 5.71. The van der Waals surface area contributed by atoms with Crippen molar-refractivity contribution in [3.8, 4) is 11.5 Å². The number of carbonyl (C=O) groups is 1. The average Bonchev–Trinajstić information content (AvgIpc) is 3.00. The number of halogens is 1. The zero-order valence-corrected chi connectivity index (χ0v) is 17.4. The van der Waals surface area contributed by atoms with Gasteiger partial charge in [-0.05, 0) is 24.3 Å². The van der Waals surface area contributed by atoms with Crippen molar-refractivity contribution in [1.29, 1.82) is 0 Å². The van der Waals surface area contributed by atoms with Crippen LogP contribution in [0.4, 0.5) is 0 Å². The molecule has 2 aliphatic heterocycles. The van der Waals surface area contributed by atoms with E-state index in [-0.39, 0.29) is 24.0 Å². The van der Waals surface area contributed by atoms with Crippen molar-refractivity contribution in [2.45, 2.75) is 44.8 Å². The largest absolute Gasteiger partial charge is 0.457 e. The molecule has 1 fully saturated rings. The molecule has 0 saturated carbocycles. The third-order valence-electron chi connectivity index (χ3n) is 6.22. The maximum atomic E-state index is 12.0. The molecule has 4 unspecified atom stereocenters. The predicted octanol–water partition coefficient (Wildman–Crippen LogP) is 5.46. The minimum absolute atomic E-state index is 0.134. The first-order valence-electron chi connectivity index (χ1n) is 10.0. The monoisotopic (exact) mass is 400 g/mol. The van der Waals surface area contributed by atoms with E-state index in [9.17, 15) is 4.79 Å². The minimum atomic E-state index is -0.143. The minimum Gasteiger partial charge on any atom is -0.457 e. The summed E-state index contributed by atoms with van der Waals surface area (Å²) in [5.74, 6) is 2.19. The van der Waals surface area contributed by atoms with Crippen molar-refractivity contribution in [2.24, 2.45) is 0 Å². The van der Waals surface area contributed by atoms with Gasteiger partial charge >= 0.3 is 5.97 Å². The number of hydrogen-bond acceptors (Lipinski definition) is 3. The smallest absolute Gasteiger partial charge is 0.309 e. The fourth-order valence-corrected chi connectivity index (χ4v) is 5.06. The number of carbonyl (C=O) groups excluding carboxylic acids is 1. The van der Waals surface area contributed by atoms with Crippen molar-refractivity contribution in [2.75, 3.05) is 20.1 Å². The van der Waals surface area contributed by atoms with Gasteiger partial charge in [0.15, 0.2) is 0 Å². The molecule has 1 saturated heterocycles. The maximum Gasteiger partial charge on any atom is 0.309 e. The van der Waals surface area contributed by atoms with Crippen molar-refractivity contribution in [3.05, 3.63) is 58.6 Å². The first kappa shape index (κ1) is 19.3. The van der Waals surface area contributed by atoms with Gasteiger partial charge in [0.2, 0.25) is 6.23 Å². The predicted molar refractivity (Wildman–Crippen MR) is 110 cm³/mol. The van der Waals surface area contributed by atoms with Crippen LogP contribution in [0.5, 0.6) is 11.5 Å². The first-order valence-corrected chi connectivity index (χ1v) is 10.4. The average molecular weight is 401 g/mol. The second-order valence-electron chi connectivity index (χ2n) is 8.09. The molecular formula is C23H27ClNO3+.